The second-order valence-electron chi connectivity index (χ2n) is 6.90. The maximum atomic E-state index is 12.6. The first-order chi connectivity index (χ1) is 13.2. The van der Waals surface area contributed by atoms with Crippen LogP contribution in [-0.2, 0) is 13.0 Å². The molecule has 4 aromatic rings. The number of nitrogens with zero attached hydrogens (tertiary/aromatic N) is 2. The van der Waals surface area contributed by atoms with E-state index >= 15 is 0 Å². The SMILES string of the molecule is CC1c2ccsc2CCN1Cc1nc2sc(-c3ccccc3)cc2c(=O)[nH]1. The topological polar surface area (TPSA) is 49.0 Å². The summed E-state index contributed by atoms with van der Waals surface area (Å²) in [6.07, 6.45) is 1.07. The van der Waals surface area contributed by atoms with Crippen LogP contribution in [0.3, 0.4) is 0 Å². The van der Waals surface area contributed by atoms with Crippen LogP contribution in [0.15, 0.2) is 52.6 Å². The van der Waals surface area contributed by atoms with Gasteiger partial charge in [0.05, 0.1) is 11.9 Å². The van der Waals surface area contributed by atoms with E-state index in [1.165, 1.54) is 10.4 Å². The van der Waals surface area contributed by atoms with Crippen LogP contribution in [0.5, 0.6) is 0 Å². The molecule has 0 radical (unpaired) electrons. The molecule has 4 nitrogen and oxygen atoms in total. The molecule has 1 N–H and O–H groups in total. The third-order valence-corrected chi connectivity index (χ3v) is 7.34. The number of aromatic nitrogens is 2. The third-order valence-electron chi connectivity index (χ3n) is 5.27. The molecule has 6 heteroatoms. The van der Waals surface area contributed by atoms with E-state index in [-0.39, 0.29) is 5.56 Å². The quantitative estimate of drug-likeness (QED) is 0.542. The zero-order valence-electron chi connectivity index (χ0n) is 14.9. The van der Waals surface area contributed by atoms with Gasteiger partial charge < -0.3 is 4.98 Å². The third kappa shape index (κ3) is 3.04. The molecule has 0 saturated heterocycles. The first-order valence-corrected chi connectivity index (χ1v) is 10.8. The fourth-order valence-electron chi connectivity index (χ4n) is 3.77. The highest BCUT2D eigenvalue weighted by molar-refractivity contribution is 7.21. The van der Waals surface area contributed by atoms with Crippen molar-refractivity contribution in [1.29, 1.82) is 0 Å². The predicted molar refractivity (Wildman–Crippen MR) is 113 cm³/mol. The number of H-pyrrole nitrogens is 1. The van der Waals surface area contributed by atoms with E-state index in [4.69, 9.17) is 4.98 Å². The van der Waals surface area contributed by atoms with Crippen molar-refractivity contribution in [2.45, 2.75) is 25.9 Å². The van der Waals surface area contributed by atoms with Gasteiger partial charge in [0.25, 0.3) is 5.56 Å². The molecule has 1 unspecified atom stereocenters. The van der Waals surface area contributed by atoms with Crippen LogP contribution in [0.1, 0.15) is 29.2 Å². The molecule has 27 heavy (non-hydrogen) atoms. The van der Waals surface area contributed by atoms with Crippen LogP contribution >= 0.6 is 22.7 Å². The summed E-state index contributed by atoms with van der Waals surface area (Å²) in [6.45, 7) is 3.90. The maximum Gasteiger partial charge on any atom is 0.259 e. The first-order valence-electron chi connectivity index (χ1n) is 9.07. The number of nitrogens with one attached hydrogen (secondary N) is 1. The molecule has 5 rings (SSSR count). The molecule has 4 heterocycles. The fourth-order valence-corrected chi connectivity index (χ4v) is 5.78. The molecule has 0 aliphatic carbocycles. The van der Waals surface area contributed by atoms with Crippen LogP contribution in [-0.4, -0.2) is 21.4 Å². The molecule has 0 fully saturated rings. The first kappa shape index (κ1) is 16.9. The van der Waals surface area contributed by atoms with Crippen LogP contribution in [0.2, 0.25) is 0 Å². The summed E-state index contributed by atoms with van der Waals surface area (Å²) >= 11 is 3.43. The Kier molecular flexibility index (Phi) is 4.19. The van der Waals surface area contributed by atoms with E-state index in [0.29, 0.717) is 18.0 Å². The van der Waals surface area contributed by atoms with E-state index < -0.39 is 0 Å². The number of aromatic amines is 1. The Morgan fingerprint density at radius 1 is 1.26 bits per heavy atom. The van der Waals surface area contributed by atoms with Gasteiger partial charge in [0.15, 0.2) is 0 Å². The summed E-state index contributed by atoms with van der Waals surface area (Å²) in [5, 5.41) is 2.85. The van der Waals surface area contributed by atoms with Gasteiger partial charge in [-0.25, -0.2) is 4.98 Å². The Labute approximate surface area is 165 Å². The number of fused-ring (bicyclic) bond motifs is 2. The summed E-state index contributed by atoms with van der Waals surface area (Å²) in [5.41, 5.74) is 2.49. The van der Waals surface area contributed by atoms with Crippen molar-refractivity contribution in [1.82, 2.24) is 14.9 Å². The Hall–Kier alpha value is -2.28. The highest BCUT2D eigenvalue weighted by Crippen LogP contribution is 2.34. The van der Waals surface area contributed by atoms with E-state index in [1.807, 2.05) is 35.6 Å². The maximum absolute atomic E-state index is 12.6. The van der Waals surface area contributed by atoms with Crippen molar-refractivity contribution in [3.63, 3.8) is 0 Å². The standard InChI is InChI=1S/C21H19N3OS2/c1-13-15-8-10-26-17(15)7-9-24(13)12-19-22-20(25)16-11-18(27-21(16)23-19)14-5-3-2-4-6-14/h2-6,8,10-11,13H,7,9,12H2,1H3,(H,22,23,25). The Morgan fingerprint density at radius 3 is 2.96 bits per heavy atom. The Balaban J connectivity index is 1.47. The van der Waals surface area contributed by atoms with E-state index in [9.17, 15) is 4.79 Å². The number of hydrogen-bond donors (Lipinski definition) is 1. The monoisotopic (exact) mass is 393 g/mol. The summed E-state index contributed by atoms with van der Waals surface area (Å²) in [7, 11) is 0. The van der Waals surface area contributed by atoms with Gasteiger partial charge in [-0.15, -0.1) is 22.7 Å². The summed E-state index contributed by atoms with van der Waals surface area (Å²) in [5.74, 6) is 0.750. The van der Waals surface area contributed by atoms with E-state index in [0.717, 1.165) is 34.1 Å². The average molecular weight is 394 g/mol. The van der Waals surface area contributed by atoms with Crippen LogP contribution < -0.4 is 5.56 Å². The van der Waals surface area contributed by atoms with Crippen molar-refractivity contribution in [3.8, 4) is 10.4 Å². The highest BCUT2D eigenvalue weighted by atomic mass is 32.1. The Morgan fingerprint density at radius 2 is 2.11 bits per heavy atom. The molecule has 3 aromatic heterocycles. The number of hydrogen-bond acceptors (Lipinski definition) is 5. The van der Waals surface area contributed by atoms with Gasteiger partial charge in [-0.05, 0) is 42.0 Å². The molecule has 1 aromatic carbocycles. The molecule has 0 amide bonds. The van der Waals surface area contributed by atoms with Gasteiger partial charge in [-0.3, -0.25) is 9.69 Å². The molecule has 0 spiro atoms. The van der Waals surface area contributed by atoms with Crippen LogP contribution in [0.25, 0.3) is 20.7 Å². The second kappa shape index (κ2) is 6.71. The highest BCUT2D eigenvalue weighted by Gasteiger charge is 2.25. The molecular formula is C21H19N3OS2. The molecule has 0 saturated carbocycles. The summed E-state index contributed by atoms with van der Waals surface area (Å²) in [4.78, 5) is 26.2. The number of thiophene rings is 2. The minimum absolute atomic E-state index is 0.0469. The Bertz CT molecular complexity index is 1160. The molecule has 136 valence electrons. The minimum atomic E-state index is -0.0469. The predicted octanol–water partition coefficient (Wildman–Crippen LogP) is 4.83. The van der Waals surface area contributed by atoms with Crippen molar-refractivity contribution in [2.24, 2.45) is 0 Å². The zero-order valence-corrected chi connectivity index (χ0v) is 16.6. The molecule has 1 aliphatic rings. The lowest BCUT2D eigenvalue weighted by Crippen LogP contribution is -2.33. The molecule has 1 atom stereocenters. The zero-order chi connectivity index (χ0) is 18.4. The van der Waals surface area contributed by atoms with Gasteiger partial charge in [0.2, 0.25) is 0 Å². The second-order valence-corrected chi connectivity index (χ2v) is 8.94. The normalized spacial score (nSPS) is 17.3. The number of rotatable bonds is 3. The lowest BCUT2D eigenvalue weighted by atomic mass is 10.0. The smallest absolute Gasteiger partial charge is 0.259 e. The van der Waals surface area contributed by atoms with Gasteiger partial charge in [-0.1, -0.05) is 30.3 Å². The summed E-state index contributed by atoms with van der Waals surface area (Å²) < 4.78 is 0. The van der Waals surface area contributed by atoms with E-state index in [2.05, 4.69) is 40.4 Å². The average Bonchev–Trinajstić information content (AvgIpc) is 3.32. The molecule has 1 aliphatic heterocycles. The van der Waals surface area contributed by atoms with Gasteiger partial charge in [0.1, 0.15) is 10.7 Å². The van der Waals surface area contributed by atoms with Crippen molar-refractivity contribution in [3.05, 3.63) is 74.5 Å². The van der Waals surface area contributed by atoms with E-state index in [1.54, 1.807) is 11.3 Å². The molecule has 0 bridgehead atoms. The largest absolute Gasteiger partial charge is 0.309 e. The molecular weight excluding hydrogens is 374 g/mol. The van der Waals surface area contributed by atoms with Crippen molar-refractivity contribution in [2.75, 3.05) is 6.54 Å². The number of benzene rings is 1. The van der Waals surface area contributed by atoms with Crippen molar-refractivity contribution >= 4 is 32.9 Å². The lowest BCUT2D eigenvalue weighted by molar-refractivity contribution is 0.186. The minimum Gasteiger partial charge on any atom is -0.309 e. The fraction of sp³-hybridized carbons (Fsp3) is 0.238. The van der Waals surface area contributed by atoms with Crippen LogP contribution in [0, 0.1) is 0 Å². The van der Waals surface area contributed by atoms with Crippen LogP contribution in [0.4, 0.5) is 0 Å². The van der Waals surface area contributed by atoms with Gasteiger partial charge in [-0.2, -0.15) is 0 Å². The van der Waals surface area contributed by atoms with Gasteiger partial charge in [0, 0.05) is 22.3 Å². The van der Waals surface area contributed by atoms with Gasteiger partial charge >= 0.3 is 0 Å². The lowest BCUT2D eigenvalue weighted by Gasteiger charge is -2.33. The summed E-state index contributed by atoms with van der Waals surface area (Å²) in [6, 6.07) is 14.7. The van der Waals surface area contributed by atoms with Crippen molar-refractivity contribution < 1.29 is 0 Å².